The van der Waals surface area contributed by atoms with Gasteiger partial charge in [-0.15, -0.1) is 0 Å². The highest BCUT2D eigenvalue weighted by molar-refractivity contribution is 5.77. The van der Waals surface area contributed by atoms with Crippen LogP contribution in [0.3, 0.4) is 0 Å². The zero-order valence-corrected chi connectivity index (χ0v) is 14.3. The van der Waals surface area contributed by atoms with E-state index in [1.807, 2.05) is 54.6 Å². The first-order valence-electron chi connectivity index (χ1n) is 8.48. The summed E-state index contributed by atoms with van der Waals surface area (Å²) in [7, 11) is 1.63. The molecule has 132 valence electrons. The Labute approximate surface area is 147 Å². The Morgan fingerprint density at radius 3 is 2.56 bits per heavy atom. The number of hydrogen-bond donors (Lipinski definition) is 1. The molecular formula is C20H23NO4. The summed E-state index contributed by atoms with van der Waals surface area (Å²) in [5, 5.41) is 3.09. The molecule has 1 N–H and O–H groups in total. The second-order valence-electron chi connectivity index (χ2n) is 5.92. The largest absolute Gasteiger partial charge is 0.497 e. The minimum Gasteiger partial charge on any atom is -0.497 e. The number of nitrogens with one attached hydrogen (secondary N) is 1. The number of carbonyl (C=O) groups is 1. The predicted molar refractivity (Wildman–Crippen MR) is 94.3 cm³/mol. The summed E-state index contributed by atoms with van der Waals surface area (Å²) >= 11 is 0. The Hall–Kier alpha value is -2.37. The van der Waals surface area contributed by atoms with Crippen LogP contribution >= 0.6 is 0 Å². The van der Waals surface area contributed by atoms with E-state index in [2.05, 4.69) is 5.32 Å². The molecule has 0 aromatic heterocycles. The molecule has 3 rings (SSSR count). The number of carbonyl (C=O) groups excluding carboxylic acids is 1. The molecule has 5 nitrogen and oxygen atoms in total. The Morgan fingerprint density at radius 1 is 1.12 bits per heavy atom. The molecule has 25 heavy (non-hydrogen) atoms. The highest BCUT2D eigenvalue weighted by Gasteiger charge is 2.22. The van der Waals surface area contributed by atoms with Gasteiger partial charge in [0.15, 0.2) is 6.29 Å². The zero-order valence-electron chi connectivity index (χ0n) is 14.3. The van der Waals surface area contributed by atoms with Gasteiger partial charge in [0.25, 0.3) is 0 Å². The van der Waals surface area contributed by atoms with Crippen LogP contribution in [0, 0.1) is 0 Å². The molecule has 0 bridgehead atoms. The fraction of sp³-hybridized carbons (Fsp3) is 0.350. The molecule has 5 heteroatoms. The van der Waals surface area contributed by atoms with Crippen molar-refractivity contribution in [2.75, 3.05) is 20.3 Å². The quantitative estimate of drug-likeness (QED) is 0.877. The van der Waals surface area contributed by atoms with Crippen molar-refractivity contribution in [3.05, 3.63) is 65.7 Å². The minimum atomic E-state index is -0.463. The molecule has 0 saturated carbocycles. The maximum Gasteiger partial charge on any atom is 0.225 e. The summed E-state index contributed by atoms with van der Waals surface area (Å²) < 4.78 is 16.3. The average molecular weight is 341 g/mol. The zero-order chi connectivity index (χ0) is 17.5. The Morgan fingerprint density at radius 2 is 1.84 bits per heavy atom. The normalized spacial score (nSPS) is 16.2. The first-order chi connectivity index (χ1) is 12.3. The summed E-state index contributed by atoms with van der Waals surface area (Å²) in [6, 6.07) is 17.3. The van der Waals surface area contributed by atoms with Crippen LogP contribution in [0.5, 0.6) is 5.75 Å². The molecular weight excluding hydrogens is 318 g/mol. The highest BCUT2D eigenvalue weighted by Crippen LogP contribution is 2.25. The van der Waals surface area contributed by atoms with Gasteiger partial charge in [-0.25, -0.2) is 0 Å². The van der Waals surface area contributed by atoms with E-state index in [-0.39, 0.29) is 18.4 Å². The molecule has 1 fully saturated rings. The molecule has 1 heterocycles. The number of hydrogen-bond acceptors (Lipinski definition) is 4. The van der Waals surface area contributed by atoms with E-state index >= 15 is 0 Å². The number of amides is 1. The van der Waals surface area contributed by atoms with E-state index in [1.165, 1.54) is 0 Å². The maximum absolute atomic E-state index is 12.5. The first kappa shape index (κ1) is 17.5. The van der Waals surface area contributed by atoms with Crippen LogP contribution in [-0.2, 0) is 14.3 Å². The van der Waals surface area contributed by atoms with E-state index in [0.29, 0.717) is 13.2 Å². The van der Waals surface area contributed by atoms with Crippen LogP contribution in [-0.4, -0.2) is 32.5 Å². The maximum atomic E-state index is 12.5. The monoisotopic (exact) mass is 341 g/mol. The van der Waals surface area contributed by atoms with Crippen molar-refractivity contribution < 1.29 is 19.0 Å². The molecule has 1 atom stereocenters. The standard InChI is InChI=1S/C20H23NO4/c1-23-17-10-5-9-16(13-17)20(15-7-3-2-4-8-15)21-18(22)14-19-24-11-6-12-25-19/h2-5,7-10,13,19-20H,6,11-12,14H2,1H3,(H,21,22). The molecule has 1 aliphatic rings. The fourth-order valence-corrected chi connectivity index (χ4v) is 2.85. The number of rotatable bonds is 6. The van der Waals surface area contributed by atoms with Crippen molar-refractivity contribution >= 4 is 5.91 Å². The molecule has 0 aliphatic carbocycles. The van der Waals surface area contributed by atoms with Gasteiger partial charge in [0, 0.05) is 0 Å². The van der Waals surface area contributed by atoms with Gasteiger partial charge in [-0.05, 0) is 29.7 Å². The van der Waals surface area contributed by atoms with Crippen LogP contribution in [0.2, 0.25) is 0 Å². The first-order valence-corrected chi connectivity index (χ1v) is 8.48. The molecule has 1 unspecified atom stereocenters. The van der Waals surface area contributed by atoms with Crippen molar-refractivity contribution in [1.29, 1.82) is 0 Å². The lowest BCUT2D eigenvalue weighted by molar-refractivity contribution is -0.184. The molecule has 2 aromatic rings. The lowest BCUT2D eigenvalue weighted by Crippen LogP contribution is -2.35. The molecule has 2 aromatic carbocycles. The Kier molecular flexibility index (Phi) is 6.04. The number of benzene rings is 2. The van der Waals surface area contributed by atoms with Gasteiger partial charge in [0.1, 0.15) is 5.75 Å². The van der Waals surface area contributed by atoms with Crippen LogP contribution in [0.1, 0.15) is 30.0 Å². The molecule has 1 aliphatic heterocycles. The summed E-state index contributed by atoms with van der Waals surface area (Å²) in [5.41, 5.74) is 1.97. The van der Waals surface area contributed by atoms with Gasteiger partial charge in [0.2, 0.25) is 5.91 Å². The van der Waals surface area contributed by atoms with E-state index < -0.39 is 6.29 Å². The summed E-state index contributed by atoms with van der Waals surface area (Å²) in [6.07, 6.45) is 0.595. The van der Waals surface area contributed by atoms with Crippen molar-refractivity contribution in [3.63, 3.8) is 0 Å². The molecule has 1 amide bonds. The second kappa shape index (κ2) is 8.65. The van der Waals surface area contributed by atoms with Gasteiger partial charge < -0.3 is 19.5 Å². The Balaban J connectivity index is 1.77. The topological polar surface area (TPSA) is 56.8 Å². The highest BCUT2D eigenvalue weighted by atomic mass is 16.7. The SMILES string of the molecule is COc1cccc(C(NC(=O)CC2OCCCO2)c2ccccc2)c1. The van der Waals surface area contributed by atoms with Crippen LogP contribution in [0.15, 0.2) is 54.6 Å². The third-order valence-corrected chi connectivity index (χ3v) is 4.11. The molecule has 1 saturated heterocycles. The van der Waals surface area contributed by atoms with Crippen molar-refractivity contribution in [2.24, 2.45) is 0 Å². The van der Waals surface area contributed by atoms with Crippen LogP contribution in [0.4, 0.5) is 0 Å². The van der Waals surface area contributed by atoms with Crippen molar-refractivity contribution in [3.8, 4) is 5.75 Å². The Bertz CT molecular complexity index is 683. The van der Waals surface area contributed by atoms with Crippen molar-refractivity contribution in [2.45, 2.75) is 25.2 Å². The summed E-state index contributed by atoms with van der Waals surface area (Å²) in [4.78, 5) is 12.5. The van der Waals surface area contributed by atoms with E-state index in [9.17, 15) is 4.79 Å². The minimum absolute atomic E-state index is 0.108. The summed E-state index contributed by atoms with van der Waals surface area (Å²) in [6.45, 7) is 1.27. The van der Waals surface area contributed by atoms with Gasteiger partial charge in [-0.3, -0.25) is 4.79 Å². The van der Waals surface area contributed by atoms with Gasteiger partial charge in [0.05, 0.1) is 32.8 Å². The predicted octanol–water partition coefficient (Wildman–Crippen LogP) is 3.05. The third kappa shape index (κ3) is 4.81. The smallest absolute Gasteiger partial charge is 0.225 e. The van der Waals surface area contributed by atoms with Crippen LogP contribution in [0.25, 0.3) is 0 Å². The van der Waals surface area contributed by atoms with Gasteiger partial charge in [-0.1, -0.05) is 42.5 Å². The van der Waals surface area contributed by atoms with Gasteiger partial charge >= 0.3 is 0 Å². The lowest BCUT2D eigenvalue weighted by atomic mass is 9.98. The summed E-state index contributed by atoms with van der Waals surface area (Å²) in [5.74, 6) is 0.648. The van der Waals surface area contributed by atoms with E-state index in [0.717, 1.165) is 23.3 Å². The molecule has 0 spiro atoms. The number of methoxy groups -OCH3 is 1. The van der Waals surface area contributed by atoms with Crippen LogP contribution < -0.4 is 10.1 Å². The second-order valence-corrected chi connectivity index (χ2v) is 5.92. The number of ether oxygens (including phenoxy) is 3. The van der Waals surface area contributed by atoms with E-state index in [4.69, 9.17) is 14.2 Å². The molecule has 0 radical (unpaired) electrons. The average Bonchev–Trinajstić information content (AvgIpc) is 2.67. The van der Waals surface area contributed by atoms with Gasteiger partial charge in [-0.2, -0.15) is 0 Å². The lowest BCUT2D eigenvalue weighted by Gasteiger charge is -2.25. The van der Waals surface area contributed by atoms with Crippen molar-refractivity contribution in [1.82, 2.24) is 5.32 Å². The fourth-order valence-electron chi connectivity index (χ4n) is 2.85. The third-order valence-electron chi connectivity index (χ3n) is 4.11. The van der Waals surface area contributed by atoms with E-state index in [1.54, 1.807) is 7.11 Å².